The van der Waals surface area contributed by atoms with Crippen molar-refractivity contribution in [2.75, 3.05) is 97.3 Å². The van der Waals surface area contributed by atoms with E-state index in [9.17, 15) is 24.0 Å². The predicted octanol–water partition coefficient (Wildman–Crippen LogP) is 7.30. The number of nitrogens with zero attached hydrogens (tertiary/aromatic N) is 6. The van der Waals surface area contributed by atoms with Crippen molar-refractivity contribution in [2.45, 2.75) is 83.2 Å². The van der Waals surface area contributed by atoms with Gasteiger partial charge in [-0.2, -0.15) is 5.10 Å². The van der Waals surface area contributed by atoms with Crippen LogP contribution in [0.5, 0.6) is 11.5 Å². The van der Waals surface area contributed by atoms with Crippen molar-refractivity contribution in [3.05, 3.63) is 89.5 Å². The summed E-state index contributed by atoms with van der Waals surface area (Å²) in [6.07, 6.45) is 16.0. The van der Waals surface area contributed by atoms with Crippen LogP contribution in [0.25, 0.3) is 11.3 Å². The van der Waals surface area contributed by atoms with Crippen LogP contribution in [0.2, 0.25) is 0 Å². The van der Waals surface area contributed by atoms with Gasteiger partial charge in [0.15, 0.2) is 18.9 Å². The van der Waals surface area contributed by atoms with Gasteiger partial charge < -0.3 is 40.6 Å². The summed E-state index contributed by atoms with van der Waals surface area (Å²) in [5.74, 6) is 4.04. The van der Waals surface area contributed by atoms with Crippen LogP contribution in [0.15, 0.2) is 72.8 Å². The van der Waals surface area contributed by atoms with Gasteiger partial charge >= 0.3 is 0 Å². The summed E-state index contributed by atoms with van der Waals surface area (Å²) in [5.41, 5.74) is 8.78. The number of aldehydes is 4. The summed E-state index contributed by atoms with van der Waals surface area (Å²) in [4.78, 5) is 64.7. The normalized spacial score (nSPS) is 16.9. The molecule has 1 aromatic heterocycles. The third-order valence-electron chi connectivity index (χ3n) is 13.6. The molecular formula is C54H77N9O6. The number of likely N-dealkylation sites (N-methyl/N-ethyl adjacent to an activating group) is 2. The number of rotatable bonds is 17. The largest absolute Gasteiger partial charge is 0.457 e. The molecule has 0 saturated carbocycles. The number of aromatic nitrogens is 2. The predicted molar refractivity (Wildman–Crippen MR) is 276 cm³/mol. The van der Waals surface area contributed by atoms with Gasteiger partial charge in [0.1, 0.15) is 29.3 Å². The number of fused-ring (bicyclic) bond motifs is 1. The number of nitrogens with two attached hydrogens (primary N) is 1. The number of hydrogen-bond donors (Lipinski definition) is 3. The zero-order valence-electron chi connectivity index (χ0n) is 41.5. The van der Waals surface area contributed by atoms with Crippen LogP contribution in [-0.2, 0) is 16.1 Å². The van der Waals surface area contributed by atoms with E-state index in [1.54, 1.807) is 13.1 Å². The Labute approximate surface area is 410 Å². The molecule has 0 bridgehead atoms. The second kappa shape index (κ2) is 29.3. The number of ether oxygens (including phenoxy) is 1. The van der Waals surface area contributed by atoms with E-state index in [0.717, 1.165) is 98.1 Å². The van der Waals surface area contributed by atoms with Gasteiger partial charge in [0.2, 0.25) is 5.91 Å². The number of likely N-dealkylation sites (tertiary alicyclic amines) is 2. The first-order chi connectivity index (χ1) is 33.7. The van der Waals surface area contributed by atoms with E-state index in [-0.39, 0.29) is 11.9 Å². The van der Waals surface area contributed by atoms with E-state index >= 15 is 0 Å². The van der Waals surface area contributed by atoms with Crippen LogP contribution < -0.4 is 26.0 Å². The Morgan fingerprint density at radius 1 is 0.783 bits per heavy atom. The van der Waals surface area contributed by atoms with Crippen LogP contribution in [-0.4, -0.2) is 149 Å². The minimum absolute atomic E-state index is 0.0400. The molecule has 3 fully saturated rings. The molecule has 15 nitrogen and oxygen atoms in total. The molecule has 69 heavy (non-hydrogen) atoms. The van der Waals surface area contributed by atoms with Gasteiger partial charge in [0.25, 0.3) is 0 Å². The molecule has 1 amide bonds. The maximum absolute atomic E-state index is 11.5. The highest BCUT2D eigenvalue weighted by Gasteiger charge is 2.25. The highest BCUT2D eigenvalue weighted by molar-refractivity contribution is 5.93. The monoisotopic (exact) mass is 948 g/mol. The standard InChI is InChI=1S/C26H39N3O2.C19H17N3O2.C8H16N2O2.CH5N/c30-20-24-4-5-26(18-25(24)21-31)29-16-9-22(10-17-29)6-13-27-14-7-23(8-15-27)19-28-11-2-1-3-12-28;23-13-17-18(21-22-12-4-11-20-19(17)22)14-7-9-16(10-8-14)24-15-5-2-1-3-6-15;1-9-8(12)7(10(2)3)5-4-6-11;1-2/h4-5,18,20-23H,1-3,6-17,19H2;1-3,5-10,13,20H,4,11-12H2;6-7H,4-5H2,1-3H3,(H,9,12);2H2,1H3. The van der Waals surface area contributed by atoms with E-state index in [2.05, 4.69) is 36.2 Å². The highest BCUT2D eigenvalue weighted by Crippen LogP contribution is 2.32. The number of carbonyl (C=O) groups is 5. The molecule has 1 atom stereocenters. The number of anilines is 2. The van der Waals surface area contributed by atoms with E-state index in [1.165, 1.54) is 97.7 Å². The maximum Gasteiger partial charge on any atom is 0.237 e. The van der Waals surface area contributed by atoms with E-state index < -0.39 is 0 Å². The number of aryl methyl sites for hydroxylation is 1. The van der Waals surface area contributed by atoms with Gasteiger partial charge in [-0.3, -0.25) is 24.1 Å². The zero-order chi connectivity index (χ0) is 49.4. The third kappa shape index (κ3) is 16.4. The average Bonchev–Trinajstić information content (AvgIpc) is 3.79. The fourth-order valence-electron chi connectivity index (χ4n) is 9.62. The van der Waals surface area contributed by atoms with Gasteiger partial charge in [-0.25, -0.2) is 4.68 Å². The number of benzene rings is 3. The first kappa shape index (κ1) is 54.2. The second-order valence-corrected chi connectivity index (χ2v) is 18.4. The lowest BCUT2D eigenvalue weighted by atomic mass is 9.91. The van der Waals surface area contributed by atoms with Crippen LogP contribution in [0.4, 0.5) is 11.5 Å². The molecule has 0 radical (unpaired) electrons. The molecule has 4 N–H and O–H groups in total. The molecule has 3 saturated heterocycles. The Balaban J connectivity index is 0.000000207. The molecule has 3 aromatic carbocycles. The Morgan fingerprint density at radius 2 is 1.45 bits per heavy atom. The Hall–Kier alpha value is -5.74. The summed E-state index contributed by atoms with van der Waals surface area (Å²) < 4.78 is 7.67. The number of amides is 1. The van der Waals surface area contributed by atoms with Gasteiger partial charge in [-0.05, 0) is 178 Å². The number of hydrogen-bond acceptors (Lipinski definition) is 13. The molecule has 374 valence electrons. The van der Waals surface area contributed by atoms with Crippen LogP contribution in [0.1, 0.15) is 102 Å². The molecule has 4 aliphatic rings. The summed E-state index contributed by atoms with van der Waals surface area (Å²) >= 11 is 0. The van der Waals surface area contributed by atoms with Crippen LogP contribution in [0, 0.1) is 11.8 Å². The van der Waals surface area contributed by atoms with Crippen molar-refractivity contribution in [1.29, 1.82) is 0 Å². The van der Waals surface area contributed by atoms with E-state index in [1.807, 2.05) is 90.4 Å². The van der Waals surface area contributed by atoms with Gasteiger partial charge in [-0.15, -0.1) is 0 Å². The lowest BCUT2D eigenvalue weighted by molar-refractivity contribution is -0.125. The van der Waals surface area contributed by atoms with Crippen molar-refractivity contribution in [1.82, 2.24) is 29.8 Å². The molecular weight excluding hydrogens is 871 g/mol. The maximum atomic E-state index is 11.5. The third-order valence-corrected chi connectivity index (χ3v) is 13.6. The fourth-order valence-corrected chi connectivity index (χ4v) is 9.62. The Bertz CT molecular complexity index is 2160. The number of para-hydroxylation sites is 1. The van der Waals surface area contributed by atoms with Crippen molar-refractivity contribution < 1.29 is 28.7 Å². The van der Waals surface area contributed by atoms with Gasteiger partial charge in [0.05, 0.1) is 11.6 Å². The Morgan fingerprint density at radius 3 is 2.07 bits per heavy atom. The first-order valence-electron chi connectivity index (χ1n) is 25.0. The Kier molecular flexibility index (Phi) is 23.0. The average molecular weight is 948 g/mol. The fraction of sp³-hybridized carbons (Fsp3) is 0.519. The van der Waals surface area contributed by atoms with Crippen LogP contribution >= 0.6 is 0 Å². The van der Waals surface area contributed by atoms with Crippen molar-refractivity contribution in [3.8, 4) is 22.8 Å². The smallest absolute Gasteiger partial charge is 0.237 e. The molecule has 8 rings (SSSR count). The summed E-state index contributed by atoms with van der Waals surface area (Å²) in [5, 5.41) is 10.4. The quantitative estimate of drug-likeness (QED) is 0.0901. The minimum atomic E-state index is -0.194. The molecule has 4 aromatic rings. The highest BCUT2D eigenvalue weighted by atomic mass is 16.5. The molecule has 0 spiro atoms. The SMILES string of the molecule is CN.CNC(=O)C(CCC=O)N(C)C.O=Cc1c(-c2ccc(Oc3ccccc3)cc2)nn2c1NCCC2.O=Cc1ccc(N2CCC(CCN3CCC(CN4CCCCC4)CC3)CC2)cc1C=O. The second-order valence-electron chi connectivity index (χ2n) is 18.4. The topological polar surface area (TPSA) is 175 Å². The van der Waals surface area contributed by atoms with Gasteiger partial charge in [0, 0.05) is 68.6 Å². The van der Waals surface area contributed by atoms with Crippen molar-refractivity contribution in [2.24, 2.45) is 17.6 Å². The summed E-state index contributed by atoms with van der Waals surface area (Å²) in [7, 11) is 6.75. The summed E-state index contributed by atoms with van der Waals surface area (Å²) in [6, 6.07) is 22.7. The molecule has 0 aliphatic carbocycles. The lowest BCUT2D eigenvalue weighted by Crippen LogP contribution is -2.42. The zero-order valence-corrected chi connectivity index (χ0v) is 41.5. The van der Waals surface area contributed by atoms with Crippen molar-refractivity contribution >= 4 is 42.6 Å². The van der Waals surface area contributed by atoms with Gasteiger partial charge in [-0.1, -0.05) is 24.6 Å². The molecule has 15 heteroatoms. The molecule has 4 aliphatic heterocycles. The van der Waals surface area contributed by atoms with Crippen molar-refractivity contribution in [3.63, 3.8) is 0 Å². The first-order valence-corrected chi connectivity index (χ1v) is 25.0. The summed E-state index contributed by atoms with van der Waals surface area (Å²) in [6.45, 7) is 11.6. The van der Waals surface area contributed by atoms with Crippen LogP contribution in [0.3, 0.4) is 0 Å². The lowest BCUT2D eigenvalue weighted by Gasteiger charge is -2.37. The molecule has 5 heterocycles. The number of nitrogens with one attached hydrogen (secondary N) is 2. The van der Waals surface area contributed by atoms with E-state index in [4.69, 9.17) is 4.74 Å². The van der Waals surface area contributed by atoms with E-state index in [0.29, 0.717) is 35.2 Å². The number of piperidine rings is 3. The molecule has 1 unspecified atom stereocenters. The minimum Gasteiger partial charge on any atom is -0.457 e. The number of carbonyl (C=O) groups excluding carboxylic acids is 5.